The number of rotatable bonds is 6. The van der Waals surface area contributed by atoms with Crippen molar-refractivity contribution in [2.75, 3.05) is 14.1 Å². The Morgan fingerprint density at radius 1 is 1.27 bits per heavy atom. The molecular weight excluding hydrogens is 328 g/mol. The van der Waals surface area contributed by atoms with E-state index in [1.807, 2.05) is 0 Å². The Kier molecular flexibility index (Phi) is 6.81. The molecule has 1 unspecified atom stereocenters. The lowest BCUT2D eigenvalue weighted by molar-refractivity contribution is -0.153. The lowest BCUT2D eigenvalue weighted by Gasteiger charge is -2.45. The van der Waals surface area contributed by atoms with Gasteiger partial charge in [0.15, 0.2) is 6.10 Å². The van der Waals surface area contributed by atoms with Gasteiger partial charge in [0.2, 0.25) is 0 Å². The highest BCUT2D eigenvalue weighted by Gasteiger charge is 2.38. The minimum atomic E-state index is -0.736. The van der Waals surface area contributed by atoms with E-state index in [-0.39, 0.29) is 17.5 Å². The van der Waals surface area contributed by atoms with Crippen molar-refractivity contribution in [2.45, 2.75) is 70.6 Å². The van der Waals surface area contributed by atoms with Crippen LogP contribution in [0, 0.1) is 6.92 Å². The predicted octanol–water partition coefficient (Wildman–Crippen LogP) is 2.85. The second kappa shape index (κ2) is 8.67. The van der Waals surface area contributed by atoms with Crippen LogP contribution in [-0.2, 0) is 20.7 Å². The zero-order chi connectivity index (χ0) is 19.3. The zero-order valence-corrected chi connectivity index (χ0v) is 16.7. The van der Waals surface area contributed by atoms with Gasteiger partial charge in [0.05, 0.1) is 0 Å². The molecule has 1 aliphatic carbocycles. The van der Waals surface area contributed by atoms with Crippen molar-refractivity contribution in [2.24, 2.45) is 0 Å². The Balaban J connectivity index is 1.98. The summed E-state index contributed by atoms with van der Waals surface area (Å²) in [6.07, 6.45) is 4.21. The van der Waals surface area contributed by atoms with E-state index < -0.39 is 12.1 Å². The molecule has 0 heterocycles. The highest BCUT2D eigenvalue weighted by molar-refractivity contribution is 5.83. The maximum atomic E-state index is 12.2. The van der Waals surface area contributed by atoms with Gasteiger partial charge in [0.25, 0.3) is 5.91 Å². The smallest absolute Gasteiger partial charge is 0.303 e. The molecule has 1 aromatic carbocycles. The number of benzene rings is 1. The first-order chi connectivity index (χ1) is 12.2. The minimum Gasteiger partial charge on any atom is -0.453 e. The molecule has 1 aliphatic rings. The van der Waals surface area contributed by atoms with Crippen LogP contribution in [0.4, 0.5) is 0 Å². The number of amides is 1. The normalized spacial score (nSPS) is 24.2. The van der Waals surface area contributed by atoms with E-state index in [9.17, 15) is 9.59 Å². The average Bonchev–Trinajstić information content (AvgIpc) is 2.58. The van der Waals surface area contributed by atoms with E-state index in [1.165, 1.54) is 18.1 Å². The summed E-state index contributed by atoms with van der Waals surface area (Å²) in [5.41, 5.74) is 2.85. The molecule has 0 aromatic heterocycles. The quantitative estimate of drug-likeness (QED) is 0.793. The lowest BCUT2D eigenvalue weighted by atomic mass is 9.74. The number of hydrogen-bond donors (Lipinski definition) is 1. The summed E-state index contributed by atoms with van der Waals surface area (Å²) < 4.78 is 4.97. The molecule has 26 heavy (non-hydrogen) atoms. The molecule has 1 aromatic rings. The summed E-state index contributed by atoms with van der Waals surface area (Å²) in [5.74, 6) is -0.636. The van der Waals surface area contributed by atoms with Crippen LogP contribution < -0.4 is 5.32 Å². The third-order valence-corrected chi connectivity index (χ3v) is 5.70. The van der Waals surface area contributed by atoms with Crippen molar-refractivity contribution >= 4 is 11.9 Å². The van der Waals surface area contributed by atoms with E-state index >= 15 is 0 Å². The fraction of sp³-hybridized carbons (Fsp3) is 0.619. The number of nitrogens with zero attached hydrogens (tertiary/aromatic N) is 1. The van der Waals surface area contributed by atoms with Gasteiger partial charge < -0.3 is 15.0 Å². The van der Waals surface area contributed by atoms with Crippen molar-refractivity contribution in [3.05, 3.63) is 35.4 Å². The summed E-state index contributed by atoms with van der Waals surface area (Å²) in [4.78, 5) is 25.5. The molecule has 1 amide bonds. The third kappa shape index (κ3) is 5.07. The van der Waals surface area contributed by atoms with Crippen molar-refractivity contribution in [3.8, 4) is 0 Å². The van der Waals surface area contributed by atoms with Gasteiger partial charge in [-0.2, -0.15) is 0 Å². The van der Waals surface area contributed by atoms with Gasteiger partial charge in [0, 0.05) is 18.5 Å². The molecule has 0 aliphatic heterocycles. The molecule has 2 rings (SSSR count). The van der Waals surface area contributed by atoms with Gasteiger partial charge in [-0.3, -0.25) is 9.59 Å². The molecule has 0 saturated heterocycles. The standard InChI is InChI=1S/C21H32N2O3/c1-15-8-6-7-9-18(15)14-21(23(4)5)12-10-19(11-13-21)22-20(25)16(2)26-17(3)24/h6-9,16,19H,10-14H2,1-5H3,(H,22,25). The summed E-state index contributed by atoms with van der Waals surface area (Å²) in [5, 5.41) is 3.04. The van der Waals surface area contributed by atoms with Gasteiger partial charge >= 0.3 is 5.97 Å². The second-order valence-corrected chi connectivity index (χ2v) is 7.76. The molecule has 144 valence electrons. The molecule has 1 saturated carbocycles. The van der Waals surface area contributed by atoms with Crippen LogP contribution in [0.2, 0.25) is 0 Å². The van der Waals surface area contributed by atoms with Crippen LogP contribution in [0.5, 0.6) is 0 Å². The first kappa shape index (κ1) is 20.4. The number of esters is 1. The largest absolute Gasteiger partial charge is 0.453 e. The minimum absolute atomic E-state index is 0.120. The van der Waals surface area contributed by atoms with Gasteiger partial charge in [0.1, 0.15) is 0 Å². The zero-order valence-electron chi connectivity index (χ0n) is 16.7. The Morgan fingerprint density at radius 2 is 1.88 bits per heavy atom. The lowest BCUT2D eigenvalue weighted by Crippen LogP contribution is -2.53. The Labute approximate surface area is 157 Å². The fourth-order valence-corrected chi connectivity index (χ4v) is 3.87. The SMILES string of the molecule is CC(=O)OC(C)C(=O)NC1CCC(Cc2ccccc2C)(N(C)C)CC1. The first-order valence-corrected chi connectivity index (χ1v) is 9.43. The molecule has 1 fully saturated rings. The van der Waals surface area contributed by atoms with E-state index in [0.717, 1.165) is 32.1 Å². The summed E-state index contributed by atoms with van der Waals surface area (Å²) >= 11 is 0. The van der Waals surface area contributed by atoms with E-state index in [2.05, 4.69) is 55.5 Å². The van der Waals surface area contributed by atoms with Gasteiger partial charge in [-0.05, 0) is 71.2 Å². The van der Waals surface area contributed by atoms with Crippen molar-refractivity contribution < 1.29 is 14.3 Å². The molecule has 0 radical (unpaired) electrons. The summed E-state index contributed by atoms with van der Waals surface area (Å²) in [6.45, 7) is 5.10. The predicted molar refractivity (Wildman–Crippen MR) is 103 cm³/mol. The van der Waals surface area contributed by atoms with Crippen LogP contribution >= 0.6 is 0 Å². The number of nitrogens with one attached hydrogen (secondary N) is 1. The topological polar surface area (TPSA) is 58.6 Å². The Morgan fingerprint density at radius 3 is 2.42 bits per heavy atom. The maximum Gasteiger partial charge on any atom is 0.303 e. The Bertz CT molecular complexity index is 634. The van der Waals surface area contributed by atoms with E-state index in [1.54, 1.807) is 6.92 Å². The Hall–Kier alpha value is -1.88. The molecule has 5 heteroatoms. The summed E-state index contributed by atoms with van der Waals surface area (Å²) in [7, 11) is 4.31. The summed E-state index contributed by atoms with van der Waals surface area (Å²) in [6, 6.07) is 8.72. The second-order valence-electron chi connectivity index (χ2n) is 7.76. The first-order valence-electron chi connectivity index (χ1n) is 9.43. The molecular formula is C21H32N2O3. The van der Waals surface area contributed by atoms with Crippen LogP contribution in [0.15, 0.2) is 24.3 Å². The van der Waals surface area contributed by atoms with Crippen LogP contribution in [0.25, 0.3) is 0 Å². The molecule has 5 nitrogen and oxygen atoms in total. The third-order valence-electron chi connectivity index (χ3n) is 5.70. The van der Waals surface area contributed by atoms with Gasteiger partial charge in [-0.1, -0.05) is 24.3 Å². The molecule has 0 bridgehead atoms. The number of likely N-dealkylation sites (N-methyl/N-ethyl adjacent to an activating group) is 1. The fourth-order valence-electron chi connectivity index (χ4n) is 3.87. The molecule has 1 atom stereocenters. The number of ether oxygens (including phenoxy) is 1. The number of carbonyl (C=O) groups excluding carboxylic acids is 2. The van der Waals surface area contributed by atoms with Crippen molar-refractivity contribution in [1.82, 2.24) is 10.2 Å². The number of carbonyl (C=O) groups is 2. The molecule has 1 N–H and O–H groups in total. The monoisotopic (exact) mass is 360 g/mol. The van der Waals surface area contributed by atoms with Gasteiger partial charge in [-0.25, -0.2) is 0 Å². The van der Waals surface area contributed by atoms with Crippen LogP contribution in [0.3, 0.4) is 0 Å². The highest BCUT2D eigenvalue weighted by Crippen LogP contribution is 2.36. The number of hydrogen-bond acceptors (Lipinski definition) is 4. The van der Waals surface area contributed by atoms with E-state index in [4.69, 9.17) is 4.74 Å². The van der Waals surface area contributed by atoms with Crippen LogP contribution in [-0.4, -0.2) is 48.6 Å². The van der Waals surface area contributed by atoms with E-state index in [0.29, 0.717) is 0 Å². The van der Waals surface area contributed by atoms with Crippen molar-refractivity contribution in [1.29, 1.82) is 0 Å². The van der Waals surface area contributed by atoms with Gasteiger partial charge in [-0.15, -0.1) is 0 Å². The van der Waals surface area contributed by atoms with Crippen molar-refractivity contribution in [3.63, 3.8) is 0 Å². The number of aryl methyl sites for hydroxylation is 1. The maximum absolute atomic E-state index is 12.2. The highest BCUT2D eigenvalue weighted by atomic mass is 16.5. The van der Waals surface area contributed by atoms with Crippen LogP contribution in [0.1, 0.15) is 50.7 Å². The molecule has 0 spiro atoms. The average molecular weight is 360 g/mol.